The molecular formula is C11H11BrClNS. The molecule has 0 amide bonds. The first kappa shape index (κ1) is 12.9. The van der Waals surface area contributed by atoms with Gasteiger partial charge in [0.05, 0.1) is 5.56 Å². The van der Waals surface area contributed by atoms with E-state index in [-0.39, 0.29) is 0 Å². The summed E-state index contributed by atoms with van der Waals surface area (Å²) in [6.45, 7) is 2.12. The summed E-state index contributed by atoms with van der Waals surface area (Å²) < 4.78 is 0.855. The van der Waals surface area contributed by atoms with Crippen molar-refractivity contribution in [2.75, 3.05) is 11.6 Å². The zero-order valence-corrected chi connectivity index (χ0v) is 11.5. The summed E-state index contributed by atoms with van der Waals surface area (Å²) in [6.07, 6.45) is 0. The summed E-state index contributed by atoms with van der Waals surface area (Å²) >= 11 is 10.9. The second-order valence-electron chi connectivity index (χ2n) is 3.32. The smallest absolute Gasteiger partial charge is 0.100 e. The Morgan fingerprint density at radius 2 is 2.33 bits per heavy atom. The van der Waals surface area contributed by atoms with Crippen LogP contribution in [0.4, 0.5) is 0 Å². The first-order valence-electron chi connectivity index (χ1n) is 4.55. The van der Waals surface area contributed by atoms with E-state index in [1.54, 1.807) is 11.8 Å². The van der Waals surface area contributed by atoms with Gasteiger partial charge in [0, 0.05) is 21.0 Å². The Hall–Kier alpha value is -0.170. The minimum atomic E-state index is 0.506. The van der Waals surface area contributed by atoms with Gasteiger partial charge in [-0.25, -0.2) is 0 Å². The standard InChI is InChI=1S/C11H11BrClNS/c1-8(5-13)7-15-10-3-2-9(6-14)11(12)4-10/h2-4,8H,5,7H2,1H3. The SMILES string of the molecule is CC(CCl)CSc1ccc(C#N)c(Br)c1. The fraction of sp³-hybridized carbons (Fsp3) is 0.364. The molecule has 0 radical (unpaired) electrons. The number of nitriles is 1. The molecule has 1 atom stereocenters. The molecule has 1 rings (SSSR count). The van der Waals surface area contributed by atoms with Gasteiger partial charge in [-0.2, -0.15) is 5.26 Å². The molecule has 0 aliphatic carbocycles. The highest BCUT2D eigenvalue weighted by molar-refractivity contribution is 9.10. The lowest BCUT2D eigenvalue weighted by Gasteiger charge is -2.07. The molecule has 0 aliphatic heterocycles. The number of hydrogen-bond donors (Lipinski definition) is 0. The lowest BCUT2D eigenvalue weighted by molar-refractivity contribution is 0.759. The van der Waals surface area contributed by atoms with E-state index in [2.05, 4.69) is 28.9 Å². The third kappa shape index (κ3) is 4.06. The van der Waals surface area contributed by atoms with Crippen molar-refractivity contribution in [3.8, 4) is 6.07 Å². The molecule has 0 saturated carbocycles. The fourth-order valence-corrected chi connectivity index (χ4v) is 2.78. The number of alkyl halides is 1. The molecule has 15 heavy (non-hydrogen) atoms. The van der Waals surface area contributed by atoms with Crippen LogP contribution in [-0.4, -0.2) is 11.6 Å². The van der Waals surface area contributed by atoms with Gasteiger partial charge in [0.1, 0.15) is 6.07 Å². The highest BCUT2D eigenvalue weighted by Crippen LogP contribution is 2.26. The normalized spacial score (nSPS) is 12.1. The molecule has 0 saturated heterocycles. The van der Waals surface area contributed by atoms with Gasteiger partial charge in [-0.15, -0.1) is 23.4 Å². The second-order valence-corrected chi connectivity index (χ2v) is 5.58. The van der Waals surface area contributed by atoms with Crippen LogP contribution in [0.2, 0.25) is 0 Å². The van der Waals surface area contributed by atoms with Gasteiger partial charge in [-0.05, 0) is 40.0 Å². The van der Waals surface area contributed by atoms with Crippen LogP contribution in [0.5, 0.6) is 0 Å². The number of hydrogen-bond acceptors (Lipinski definition) is 2. The van der Waals surface area contributed by atoms with Gasteiger partial charge in [0.2, 0.25) is 0 Å². The molecule has 80 valence electrons. The monoisotopic (exact) mass is 303 g/mol. The van der Waals surface area contributed by atoms with E-state index in [0.29, 0.717) is 17.4 Å². The summed E-state index contributed by atoms with van der Waals surface area (Å²) in [5.41, 5.74) is 0.671. The van der Waals surface area contributed by atoms with E-state index in [0.717, 1.165) is 15.1 Å². The maximum Gasteiger partial charge on any atom is 0.100 e. The number of nitrogens with zero attached hydrogens (tertiary/aromatic N) is 1. The van der Waals surface area contributed by atoms with Crippen LogP contribution < -0.4 is 0 Å². The highest BCUT2D eigenvalue weighted by atomic mass is 79.9. The van der Waals surface area contributed by atoms with Crippen molar-refractivity contribution in [1.82, 2.24) is 0 Å². The molecule has 4 heteroatoms. The summed E-state index contributed by atoms with van der Waals surface area (Å²) in [6, 6.07) is 7.90. The Bertz CT molecular complexity index is 375. The Morgan fingerprint density at radius 1 is 1.60 bits per heavy atom. The molecule has 0 aliphatic rings. The van der Waals surface area contributed by atoms with Gasteiger partial charge >= 0.3 is 0 Å². The highest BCUT2D eigenvalue weighted by Gasteiger charge is 2.04. The molecule has 0 bridgehead atoms. The van der Waals surface area contributed by atoms with Crippen LogP contribution >= 0.6 is 39.3 Å². The number of benzene rings is 1. The molecule has 0 heterocycles. The van der Waals surface area contributed by atoms with Crippen LogP contribution in [0.25, 0.3) is 0 Å². The molecule has 1 aromatic rings. The minimum absolute atomic E-state index is 0.506. The van der Waals surface area contributed by atoms with Crippen LogP contribution in [-0.2, 0) is 0 Å². The maximum atomic E-state index is 8.76. The Kier molecular flexibility index (Phi) is 5.52. The van der Waals surface area contributed by atoms with Crippen molar-refractivity contribution < 1.29 is 0 Å². The van der Waals surface area contributed by atoms with E-state index < -0.39 is 0 Å². The predicted molar refractivity (Wildman–Crippen MR) is 69.5 cm³/mol. The molecule has 1 nitrogen and oxygen atoms in total. The van der Waals surface area contributed by atoms with Crippen LogP contribution in [0, 0.1) is 17.2 Å². The molecule has 1 aromatic carbocycles. The van der Waals surface area contributed by atoms with Crippen LogP contribution in [0.3, 0.4) is 0 Å². The Labute approximate surface area is 108 Å². The van der Waals surface area contributed by atoms with Crippen molar-refractivity contribution in [2.45, 2.75) is 11.8 Å². The van der Waals surface area contributed by atoms with E-state index in [9.17, 15) is 0 Å². The second kappa shape index (κ2) is 6.42. The Morgan fingerprint density at radius 3 is 2.87 bits per heavy atom. The molecule has 0 fully saturated rings. The van der Waals surface area contributed by atoms with Gasteiger partial charge in [-0.3, -0.25) is 0 Å². The third-order valence-corrected chi connectivity index (χ3v) is 4.36. The van der Waals surface area contributed by atoms with Gasteiger partial charge in [0.15, 0.2) is 0 Å². The lowest BCUT2D eigenvalue weighted by atomic mass is 10.2. The average Bonchev–Trinajstić information content (AvgIpc) is 2.26. The largest absolute Gasteiger partial charge is 0.192 e. The summed E-state index contributed by atoms with van der Waals surface area (Å²) in [5, 5.41) is 8.76. The predicted octanol–water partition coefficient (Wildman–Crippen LogP) is 4.29. The average molecular weight is 305 g/mol. The van der Waals surface area contributed by atoms with E-state index in [4.69, 9.17) is 16.9 Å². The molecule has 0 aromatic heterocycles. The summed E-state index contributed by atoms with van der Waals surface area (Å²) in [4.78, 5) is 1.16. The molecular weight excluding hydrogens is 294 g/mol. The van der Waals surface area contributed by atoms with E-state index in [1.807, 2.05) is 18.2 Å². The molecule has 1 unspecified atom stereocenters. The van der Waals surface area contributed by atoms with Gasteiger partial charge < -0.3 is 0 Å². The van der Waals surface area contributed by atoms with Crippen molar-refractivity contribution in [3.63, 3.8) is 0 Å². The minimum Gasteiger partial charge on any atom is -0.192 e. The molecule has 0 spiro atoms. The van der Waals surface area contributed by atoms with Crippen molar-refractivity contribution in [2.24, 2.45) is 5.92 Å². The van der Waals surface area contributed by atoms with Gasteiger partial charge in [0.25, 0.3) is 0 Å². The first-order chi connectivity index (χ1) is 7.17. The number of halogens is 2. The Balaban J connectivity index is 2.64. The zero-order valence-electron chi connectivity index (χ0n) is 8.34. The maximum absolute atomic E-state index is 8.76. The third-order valence-electron chi connectivity index (χ3n) is 1.86. The fourth-order valence-electron chi connectivity index (χ4n) is 0.959. The van der Waals surface area contributed by atoms with E-state index >= 15 is 0 Å². The van der Waals surface area contributed by atoms with Gasteiger partial charge in [-0.1, -0.05) is 6.92 Å². The zero-order chi connectivity index (χ0) is 11.3. The van der Waals surface area contributed by atoms with Crippen molar-refractivity contribution in [1.29, 1.82) is 5.26 Å². The van der Waals surface area contributed by atoms with Crippen molar-refractivity contribution >= 4 is 39.3 Å². The molecule has 0 N–H and O–H groups in total. The number of thioether (sulfide) groups is 1. The first-order valence-corrected chi connectivity index (χ1v) is 6.87. The lowest BCUT2D eigenvalue weighted by Crippen LogP contribution is -1.98. The van der Waals surface area contributed by atoms with Crippen LogP contribution in [0.1, 0.15) is 12.5 Å². The quantitative estimate of drug-likeness (QED) is 0.612. The van der Waals surface area contributed by atoms with Crippen LogP contribution in [0.15, 0.2) is 27.6 Å². The summed E-state index contributed by atoms with van der Waals surface area (Å²) in [5.74, 6) is 2.19. The summed E-state index contributed by atoms with van der Waals surface area (Å²) in [7, 11) is 0. The van der Waals surface area contributed by atoms with E-state index in [1.165, 1.54) is 0 Å². The number of rotatable bonds is 4. The topological polar surface area (TPSA) is 23.8 Å². The van der Waals surface area contributed by atoms with Crippen molar-refractivity contribution in [3.05, 3.63) is 28.2 Å².